The van der Waals surface area contributed by atoms with Gasteiger partial charge in [-0.05, 0) is 30.9 Å². The second-order valence-electron chi connectivity index (χ2n) is 3.71. The van der Waals surface area contributed by atoms with Gasteiger partial charge in [0.25, 0.3) is 5.91 Å². The lowest BCUT2D eigenvalue weighted by Gasteiger charge is -2.06. The molecule has 1 heterocycles. The Hall–Kier alpha value is -1.04. The molecule has 1 aromatic rings. The molecule has 1 aliphatic rings. The lowest BCUT2D eigenvalue weighted by atomic mass is 10.2. The van der Waals surface area contributed by atoms with Crippen LogP contribution in [-0.2, 0) is 12.8 Å². The molecule has 1 amide bonds. The first-order valence-electron chi connectivity index (χ1n) is 4.92. The molecule has 2 nitrogen and oxygen atoms in total. The molecule has 0 unspecified atom stereocenters. The second kappa shape index (κ2) is 4.08. The molecule has 0 aromatic carbocycles. The van der Waals surface area contributed by atoms with E-state index in [1.807, 2.05) is 5.32 Å². The van der Waals surface area contributed by atoms with Crippen LogP contribution in [0, 0.1) is 0 Å². The van der Waals surface area contributed by atoms with Crippen molar-refractivity contribution in [2.24, 2.45) is 0 Å². The van der Waals surface area contributed by atoms with E-state index in [0.717, 1.165) is 29.7 Å². The molecule has 0 fully saturated rings. The van der Waals surface area contributed by atoms with Gasteiger partial charge in [-0.1, -0.05) is 0 Å². The van der Waals surface area contributed by atoms with Crippen molar-refractivity contribution in [3.8, 4) is 0 Å². The summed E-state index contributed by atoms with van der Waals surface area (Å²) in [6, 6.07) is 1.71. The zero-order valence-corrected chi connectivity index (χ0v) is 9.17. The Morgan fingerprint density at radius 3 is 2.81 bits per heavy atom. The molecule has 0 saturated carbocycles. The molecule has 0 spiro atoms. The van der Waals surface area contributed by atoms with Crippen molar-refractivity contribution in [3.05, 3.63) is 21.4 Å². The number of fused-ring (bicyclic) bond motifs is 1. The maximum atomic E-state index is 11.9. The number of carbonyl (C=O) groups excluding carboxylic acids is 1. The summed E-state index contributed by atoms with van der Waals surface area (Å²) in [7, 11) is 0. The van der Waals surface area contributed by atoms with Gasteiger partial charge in [0, 0.05) is 4.88 Å². The lowest BCUT2D eigenvalue weighted by Crippen LogP contribution is -2.33. The molecule has 1 aromatic heterocycles. The zero-order chi connectivity index (χ0) is 11.8. The molecule has 2 rings (SSSR count). The van der Waals surface area contributed by atoms with Gasteiger partial charge in [0.15, 0.2) is 0 Å². The van der Waals surface area contributed by atoms with Crippen LogP contribution in [0.2, 0.25) is 0 Å². The number of aryl methyl sites for hydroxylation is 2. The fraction of sp³-hybridized carbons (Fsp3) is 0.500. The second-order valence-corrected chi connectivity index (χ2v) is 4.85. The van der Waals surface area contributed by atoms with Crippen LogP contribution in [0.1, 0.15) is 26.5 Å². The van der Waals surface area contributed by atoms with Gasteiger partial charge in [0.2, 0.25) is 0 Å². The molecule has 6 heteroatoms. The van der Waals surface area contributed by atoms with Gasteiger partial charge in [0.1, 0.15) is 6.54 Å². The van der Waals surface area contributed by atoms with E-state index < -0.39 is 18.6 Å². The lowest BCUT2D eigenvalue weighted by molar-refractivity contribution is -0.123. The summed E-state index contributed by atoms with van der Waals surface area (Å²) in [6.45, 7) is -1.27. The average Bonchev–Trinajstić information content (AvgIpc) is 2.71. The smallest absolute Gasteiger partial charge is 0.342 e. The maximum Gasteiger partial charge on any atom is 0.405 e. The Balaban J connectivity index is 1.99. The van der Waals surface area contributed by atoms with E-state index in [1.165, 1.54) is 11.3 Å². The van der Waals surface area contributed by atoms with Crippen LogP contribution < -0.4 is 5.32 Å². The normalized spacial score (nSPS) is 14.9. The third kappa shape index (κ3) is 2.55. The zero-order valence-electron chi connectivity index (χ0n) is 8.36. The van der Waals surface area contributed by atoms with Crippen molar-refractivity contribution in [2.75, 3.05) is 6.54 Å². The fourth-order valence-electron chi connectivity index (χ4n) is 1.71. The molecule has 0 radical (unpaired) electrons. The first kappa shape index (κ1) is 11.4. The predicted molar refractivity (Wildman–Crippen MR) is 54.7 cm³/mol. The highest BCUT2D eigenvalue weighted by Gasteiger charge is 2.28. The van der Waals surface area contributed by atoms with Crippen molar-refractivity contribution in [2.45, 2.75) is 25.4 Å². The Kier molecular flexibility index (Phi) is 2.92. The van der Waals surface area contributed by atoms with Gasteiger partial charge in [-0.15, -0.1) is 11.3 Å². The molecule has 0 atom stereocenters. The van der Waals surface area contributed by atoms with Crippen LogP contribution >= 0.6 is 11.3 Å². The van der Waals surface area contributed by atoms with Crippen LogP contribution in [0.4, 0.5) is 13.2 Å². The molecular formula is C10H10F3NOS. The molecule has 0 saturated heterocycles. The maximum absolute atomic E-state index is 11.9. The molecular weight excluding hydrogens is 239 g/mol. The van der Waals surface area contributed by atoms with Gasteiger partial charge in [-0.25, -0.2) is 0 Å². The van der Waals surface area contributed by atoms with Crippen molar-refractivity contribution >= 4 is 17.2 Å². The molecule has 0 aliphatic heterocycles. The van der Waals surface area contributed by atoms with Crippen LogP contribution in [-0.4, -0.2) is 18.6 Å². The number of halogens is 3. The number of hydrogen-bond donors (Lipinski definition) is 1. The van der Waals surface area contributed by atoms with Gasteiger partial charge >= 0.3 is 6.18 Å². The number of thiophene rings is 1. The highest BCUT2D eigenvalue weighted by atomic mass is 32.1. The van der Waals surface area contributed by atoms with E-state index in [0.29, 0.717) is 4.88 Å². The number of hydrogen-bond acceptors (Lipinski definition) is 2. The largest absolute Gasteiger partial charge is 0.405 e. The standard InChI is InChI=1S/C10H10F3NOS/c11-10(12,13)5-14-9(15)8-4-6-2-1-3-7(6)16-8/h4H,1-3,5H2,(H,14,15). The third-order valence-corrected chi connectivity index (χ3v) is 3.66. The van der Waals surface area contributed by atoms with Gasteiger partial charge in [0.05, 0.1) is 4.88 Å². The van der Waals surface area contributed by atoms with Crippen LogP contribution in [0.3, 0.4) is 0 Å². The number of carbonyl (C=O) groups is 1. The topological polar surface area (TPSA) is 29.1 Å². The molecule has 88 valence electrons. The highest BCUT2D eigenvalue weighted by molar-refractivity contribution is 7.14. The first-order valence-corrected chi connectivity index (χ1v) is 5.74. The number of rotatable bonds is 2. The minimum absolute atomic E-state index is 0.383. The minimum Gasteiger partial charge on any atom is -0.342 e. The molecule has 0 bridgehead atoms. The molecule has 1 aliphatic carbocycles. The third-order valence-electron chi connectivity index (χ3n) is 2.42. The Morgan fingerprint density at radius 1 is 1.44 bits per heavy atom. The SMILES string of the molecule is O=C(NCC(F)(F)F)c1cc2c(s1)CCC2. The van der Waals surface area contributed by atoms with Crippen molar-refractivity contribution < 1.29 is 18.0 Å². The number of amides is 1. The highest BCUT2D eigenvalue weighted by Crippen LogP contribution is 2.30. The summed E-state index contributed by atoms with van der Waals surface area (Å²) >= 11 is 1.30. The van der Waals surface area contributed by atoms with E-state index in [4.69, 9.17) is 0 Å². The van der Waals surface area contributed by atoms with Crippen LogP contribution in [0.5, 0.6) is 0 Å². The summed E-state index contributed by atoms with van der Waals surface area (Å²) in [5, 5.41) is 1.87. The summed E-state index contributed by atoms with van der Waals surface area (Å²) in [6.07, 6.45) is -1.41. The average molecular weight is 249 g/mol. The molecule has 16 heavy (non-hydrogen) atoms. The van der Waals surface area contributed by atoms with E-state index in [2.05, 4.69) is 0 Å². The van der Waals surface area contributed by atoms with Crippen LogP contribution in [0.15, 0.2) is 6.07 Å². The van der Waals surface area contributed by atoms with Gasteiger partial charge < -0.3 is 5.32 Å². The van der Waals surface area contributed by atoms with E-state index >= 15 is 0 Å². The number of nitrogens with one attached hydrogen (secondary N) is 1. The monoisotopic (exact) mass is 249 g/mol. The first-order chi connectivity index (χ1) is 7.46. The van der Waals surface area contributed by atoms with E-state index in [-0.39, 0.29) is 0 Å². The Bertz CT molecular complexity index is 389. The summed E-state index contributed by atoms with van der Waals surface area (Å²) in [4.78, 5) is 12.9. The summed E-state index contributed by atoms with van der Waals surface area (Å²) in [5.74, 6) is -0.628. The van der Waals surface area contributed by atoms with E-state index in [9.17, 15) is 18.0 Å². The van der Waals surface area contributed by atoms with Crippen molar-refractivity contribution in [1.29, 1.82) is 0 Å². The number of alkyl halides is 3. The van der Waals surface area contributed by atoms with Crippen LogP contribution in [0.25, 0.3) is 0 Å². The summed E-state index contributed by atoms with van der Waals surface area (Å²) < 4.78 is 35.6. The Morgan fingerprint density at radius 2 is 2.19 bits per heavy atom. The van der Waals surface area contributed by atoms with Crippen molar-refractivity contribution in [1.82, 2.24) is 5.32 Å². The minimum atomic E-state index is -4.35. The molecule has 1 N–H and O–H groups in total. The van der Waals surface area contributed by atoms with Gasteiger partial charge in [-0.3, -0.25) is 4.79 Å². The Labute approximate surface area is 94.5 Å². The van der Waals surface area contributed by atoms with Gasteiger partial charge in [-0.2, -0.15) is 13.2 Å². The van der Waals surface area contributed by atoms with E-state index in [1.54, 1.807) is 6.07 Å². The van der Waals surface area contributed by atoms with Crippen molar-refractivity contribution in [3.63, 3.8) is 0 Å². The quantitative estimate of drug-likeness (QED) is 0.857. The predicted octanol–water partition coefficient (Wildman–Crippen LogP) is 2.53. The fourth-order valence-corrected chi connectivity index (χ4v) is 2.88. The summed E-state index contributed by atoms with van der Waals surface area (Å²) in [5.41, 5.74) is 1.11.